The van der Waals surface area contributed by atoms with Crippen LogP contribution in [0.2, 0.25) is 0 Å². The second kappa shape index (κ2) is 4.04. The van der Waals surface area contributed by atoms with Gasteiger partial charge in [0, 0.05) is 12.5 Å². The molecule has 0 aliphatic carbocycles. The van der Waals surface area contributed by atoms with E-state index in [1.165, 1.54) is 6.42 Å². The monoisotopic (exact) mass is 231 g/mol. The Morgan fingerprint density at radius 3 is 3.00 bits per heavy atom. The van der Waals surface area contributed by atoms with Crippen LogP contribution in [0.3, 0.4) is 0 Å². The van der Waals surface area contributed by atoms with Crippen LogP contribution in [0.25, 0.3) is 5.52 Å². The molecule has 1 aliphatic rings. The molecule has 4 heteroatoms. The zero-order chi connectivity index (χ0) is 11.8. The molecule has 1 aliphatic heterocycles. The molecule has 0 radical (unpaired) electrons. The van der Waals surface area contributed by atoms with Crippen molar-refractivity contribution in [1.82, 2.24) is 14.3 Å². The number of hydrogen-bond acceptors (Lipinski definition) is 3. The van der Waals surface area contributed by atoms with Crippen LogP contribution in [0.15, 0.2) is 24.4 Å². The molecule has 3 rings (SSSR count). The second-order valence-electron chi connectivity index (χ2n) is 4.69. The summed E-state index contributed by atoms with van der Waals surface area (Å²) in [6.07, 6.45) is 3.10. The third kappa shape index (κ3) is 1.69. The van der Waals surface area contributed by atoms with E-state index in [4.69, 9.17) is 4.74 Å². The largest absolute Gasteiger partial charge is 0.482 e. The van der Waals surface area contributed by atoms with Crippen molar-refractivity contribution < 1.29 is 4.74 Å². The van der Waals surface area contributed by atoms with Crippen molar-refractivity contribution in [2.45, 2.75) is 12.3 Å². The van der Waals surface area contributed by atoms with Crippen LogP contribution >= 0.6 is 0 Å². The topological polar surface area (TPSA) is 29.8 Å². The zero-order valence-electron chi connectivity index (χ0n) is 10.3. The van der Waals surface area contributed by atoms with Crippen LogP contribution in [-0.4, -0.2) is 41.5 Å². The number of methoxy groups -OCH3 is 1. The lowest BCUT2D eigenvalue weighted by molar-refractivity contribution is 0.385. The fourth-order valence-corrected chi connectivity index (χ4v) is 2.63. The maximum Gasteiger partial charge on any atom is 0.199 e. The normalized spacial score (nSPS) is 21.2. The Morgan fingerprint density at radius 2 is 2.29 bits per heavy atom. The van der Waals surface area contributed by atoms with Crippen molar-refractivity contribution in [2.75, 3.05) is 27.2 Å². The Labute approximate surface area is 101 Å². The van der Waals surface area contributed by atoms with E-state index in [0.29, 0.717) is 5.92 Å². The summed E-state index contributed by atoms with van der Waals surface area (Å²) in [6, 6.07) is 6.05. The second-order valence-corrected chi connectivity index (χ2v) is 4.69. The number of hydrogen-bond donors (Lipinski definition) is 0. The smallest absolute Gasteiger partial charge is 0.199 e. The van der Waals surface area contributed by atoms with Crippen LogP contribution in [-0.2, 0) is 0 Å². The van der Waals surface area contributed by atoms with E-state index in [0.717, 1.165) is 30.3 Å². The molecule has 17 heavy (non-hydrogen) atoms. The van der Waals surface area contributed by atoms with Crippen molar-refractivity contribution in [2.24, 2.45) is 0 Å². The van der Waals surface area contributed by atoms with Gasteiger partial charge < -0.3 is 9.64 Å². The highest BCUT2D eigenvalue weighted by atomic mass is 16.5. The summed E-state index contributed by atoms with van der Waals surface area (Å²) in [6.45, 7) is 2.23. The fraction of sp³-hybridized carbons (Fsp3) is 0.462. The van der Waals surface area contributed by atoms with E-state index in [-0.39, 0.29) is 0 Å². The lowest BCUT2D eigenvalue weighted by Gasteiger charge is -2.12. The summed E-state index contributed by atoms with van der Waals surface area (Å²) in [5, 5.41) is 0. The van der Waals surface area contributed by atoms with Gasteiger partial charge in [-0.1, -0.05) is 6.07 Å². The van der Waals surface area contributed by atoms with E-state index in [2.05, 4.69) is 27.4 Å². The van der Waals surface area contributed by atoms with Crippen LogP contribution < -0.4 is 4.74 Å². The first-order valence-corrected chi connectivity index (χ1v) is 5.98. The van der Waals surface area contributed by atoms with Gasteiger partial charge in [0.1, 0.15) is 5.82 Å². The molecular formula is C13H17N3O. The Hall–Kier alpha value is -1.55. The SMILES string of the molecule is COc1cccc2cnc(C3CCN(C)C3)n12. The molecule has 1 unspecified atom stereocenters. The van der Waals surface area contributed by atoms with Crippen molar-refractivity contribution in [3.63, 3.8) is 0 Å². The molecule has 0 N–H and O–H groups in total. The van der Waals surface area contributed by atoms with Gasteiger partial charge in [0.15, 0.2) is 5.88 Å². The van der Waals surface area contributed by atoms with Gasteiger partial charge in [-0.25, -0.2) is 4.98 Å². The van der Waals surface area contributed by atoms with Gasteiger partial charge in [0.05, 0.1) is 18.8 Å². The van der Waals surface area contributed by atoms with Gasteiger partial charge in [-0.05, 0) is 32.1 Å². The summed E-state index contributed by atoms with van der Waals surface area (Å²) >= 11 is 0. The molecule has 2 aromatic heterocycles. The summed E-state index contributed by atoms with van der Waals surface area (Å²) in [7, 11) is 3.87. The first-order valence-electron chi connectivity index (χ1n) is 5.98. The molecule has 1 saturated heterocycles. The first kappa shape index (κ1) is 10.6. The quantitative estimate of drug-likeness (QED) is 0.789. The molecule has 4 nitrogen and oxygen atoms in total. The Kier molecular flexibility index (Phi) is 2.52. The van der Waals surface area contributed by atoms with E-state index >= 15 is 0 Å². The number of likely N-dealkylation sites (N-methyl/N-ethyl adjacent to an activating group) is 1. The van der Waals surface area contributed by atoms with Crippen molar-refractivity contribution in [3.8, 4) is 5.88 Å². The first-order chi connectivity index (χ1) is 8.29. The highest BCUT2D eigenvalue weighted by Gasteiger charge is 2.25. The predicted molar refractivity (Wildman–Crippen MR) is 66.6 cm³/mol. The van der Waals surface area contributed by atoms with Gasteiger partial charge in [0.2, 0.25) is 0 Å². The number of aromatic nitrogens is 2. The molecular weight excluding hydrogens is 214 g/mol. The molecule has 90 valence electrons. The van der Waals surface area contributed by atoms with E-state index in [1.807, 2.05) is 18.3 Å². The highest BCUT2D eigenvalue weighted by molar-refractivity contribution is 5.49. The fourth-order valence-electron chi connectivity index (χ4n) is 2.63. The van der Waals surface area contributed by atoms with Crippen molar-refractivity contribution >= 4 is 5.52 Å². The van der Waals surface area contributed by atoms with E-state index in [1.54, 1.807) is 7.11 Å². The minimum absolute atomic E-state index is 0.513. The molecule has 3 heterocycles. The number of pyridine rings is 1. The van der Waals surface area contributed by atoms with Gasteiger partial charge in [-0.15, -0.1) is 0 Å². The number of rotatable bonds is 2. The third-order valence-corrected chi connectivity index (χ3v) is 3.51. The Bertz CT molecular complexity index is 534. The van der Waals surface area contributed by atoms with Gasteiger partial charge in [-0.3, -0.25) is 4.40 Å². The van der Waals surface area contributed by atoms with Crippen molar-refractivity contribution in [1.29, 1.82) is 0 Å². The summed E-state index contributed by atoms with van der Waals surface area (Å²) < 4.78 is 7.55. The average Bonchev–Trinajstić information content (AvgIpc) is 2.94. The van der Waals surface area contributed by atoms with Crippen molar-refractivity contribution in [3.05, 3.63) is 30.2 Å². The van der Waals surface area contributed by atoms with Crippen LogP contribution in [0.5, 0.6) is 5.88 Å². The lowest BCUT2D eigenvalue weighted by atomic mass is 10.1. The number of imidazole rings is 1. The third-order valence-electron chi connectivity index (χ3n) is 3.51. The molecule has 0 aromatic carbocycles. The maximum absolute atomic E-state index is 5.42. The number of ether oxygens (including phenoxy) is 1. The van der Waals surface area contributed by atoms with Gasteiger partial charge in [-0.2, -0.15) is 0 Å². The summed E-state index contributed by atoms with van der Waals surface area (Å²) in [5.41, 5.74) is 1.11. The number of nitrogens with zero attached hydrogens (tertiary/aromatic N) is 3. The van der Waals surface area contributed by atoms with Crippen LogP contribution in [0.4, 0.5) is 0 Å². The molecule has 0 bridgehead atoms. The molecule has 1 fully saturated rings. The zero-order valence-corrected chi connectivity index (χ0v) is 10.3. The molecule has 2 aromatic rings. The predicted octanol–water partition coefficient (Wildman–Crippen LogP) is 1.76. The van der Waals surface area contributed by atoms with Crippen LogP contribution in [0, 0.1) is 0 Å². The minimum atomic E-state index is 0.513. The van der Waals surface area contributed by atoms with Crippen LogP contribution in [0.1, 0.15) is 18.2 Å². The van der Waals surface area contributed by atoms with Gasteiger partial charge >= 0.3 is 0 Å². The molecule has 1 atom stereocenters. The van der Waals surface area contributed by atoms with Gasteiger partial charge in [0.25, 0.3) is 0 Å². The Morgan fingerprint density at radius 1 is 1.41 bits per heavy atom. The number of likely N-dealkylation sites (tertiary alicyclic amines) is 1. The number of fused-ring (bicyclic) bond motifs is 1. The Balaban J connectivity index is 2.10. The lowest BCUT2D eigenvalue weighted by Crippen LogP contribution is -2.14. The van der Waals surface area contributed by atoms with E-state index in [9.17, 15) is 0 Å². The molecule has 0 spiro atoms. The summed E-state index contributed by atoms with van der Waals surface area (Å²) in [5.74, 6) is 2.50. The molecule has 0 saturated carbocycles. The standard InChI is InChI=1S/C13H17N3O/c1-15-7-6-10(9-15)13-14-8-11-4-3-5-12(17-2)16(11)13/h3-5,8,10H,6-7,9H2,1-2H3. The average molecular weight is 231 g/mol. The maximum atomic E-state index is 5.42. The highest BCUT2D eigenvalue weighted by Crippen LogP contribution is 2.28. The summed E-state index contributed by atoms with van der Waals surface area (Å²) in [4.78, 5) is 6.93. The van der Waals surface area contributed by atoms with E-state index < -0.39 is 0 Å². The minimum Gasteiger partial charge on any atom is -0.482 e. The molecule has 0 amide bonds.